The van der Waals surface area contributed by atoms with Crippen molar-refractivity contribution in [3.63, 3.8) is 0 Å². The van der Waals surface area contributed by atoms with E-state index in [1.807, 2.05) is 36.4 Å². The van der Waals surface area contributed by atoms with Gasteiger partial charge < -0.3 is 10.1 Å². The van der Waals surface area contributed by atoms with Gasteiger partial charge in [-0.15, -0.1) is 0 Å². The molecule has 0 bridgehead atoms. The highest BCUT2D eigenvalue weighted by molar-refractivity contribution is 6.11. The van der Waals surface area contributed by atoms with Crippen molar-refractivity contribution in [1.29, 1.82) is 5.26 Å². The summed E-state index contributed by atoms with van der Waals surface area (Å²) in [5.41, 5.74) is 1.02. The number of fused-ring (bicyclic) bond motifs is 1. The van der Waals surface area contributed by atoms with Crippen molar-refractivity contribution in [2.75, 3.05) is 11.9 Å². The van der Waals surface area contributed by atoms with Crippen molar-refractivity contribution in [3.05, 3.63) is 66.5 Å². The number of carbonyl (C=O) groups is 1. The summed E-state index contributed by atoms with van der Waals surface area (Å²) in [5, 5.41) is 13.1. The average molecular weight is 303 g/mol. The topological polar surface area (TPSA) is 75.0 Å². The summed E-state index contributed by atoms with van der Waals surface area (Å²) in [4.78, 5) is 16.6. The predicted octanol–water partition coefficient (Wildman–Crippen LogP) is 3.39. The Morgan fingerprint density at radius 2 is 1.91 bits per heavy atom. The van der Waals surface area contributed by atoms with E-state index in [1.54, 1.807) is 30.5 Å². The van der Waals surface area contributed by atoms with Crippen LogP contribution in [0.2, 0.25) is 0 Å². The van der Waals surface area contributed by atoms with Gasteiger partial charge in [0.15, 0.2) is 6.61 Å². The van der Waals surface area contributed by atoms with Crippen LogP contribution in [-0.4, -0.2) is 17.5 Å². The van der Waals surface area contributed by atoms with Crippen LogP contribution in [-0.2, 0) is 0 Å². The summed E-state index contributed by atoms with van der Waals surface area (Å²) in [6, 6.07) is 18.2. The van der Waals surface area contributed by atoms with Crippen LogP contribution in [0.1, 0.15) is 10.5 Å². The average Bonchev–Trinajstić information content (AvgIpc) is 2.60. The standard InChI is InChI=1S/C18H13N3O2/c19-10-12-23-15-7-5-14(6-8-15)21-18(22)17-16-4-2-1-3-13(16)9-11-20-17/h1-9,11H,12H2,(H,21,22). The Kier molecular flexibility index (Phi) is 4.16. The molecule has 5 nitrogen and oxygen atoms in total. The quantitative estimate of drug-likeness (QED) is 0.801. The molecule has 0 radical (unpaired) electrons. The second-order valence-corrected chi connectivity index (χ2v) is 4.81. The molecule has 2 aromatic carbocycles. The largest absolute Gasteiger partial charge is 0.479 e. The van der Waals surface area contributed by atoms with E-state index in [4.69, 9.17) is 10.00 Å². The number of hydrogen-bond acceptors (Lipinski definition) is 4. The Labute approximate surface area is 133 Å². The Balaban J connectivity index is 1.80. The van der Waals surface area contributed by atoms with Crippen molar-refractivity contribution in [2.45, 2.75) is 0 Å². The normalized spacial score (nSPS) is 10.0. The van der Waals surface area contributed by atoms with E-state index in [0.29, 0.717) is 17.1 Å². The van der Waals surface area contributed by atoms with E-state index in [0.717, 1.165) is 10.8 Å². The number of rotatable bonds is 4. The summed E-state index contributed by atoms with van der Waals surface area (Å²) < 4.78 is 5.17. The van der Waals surface area contributed by atoms with Gasteiger partial charge in [0.25, 0.3) is 5.91 Å². The zero-order valence-electron chi connectivity index (χ0n) is 12.2. The molecular formula is C18H13N3O2. The summed E-state index contributed by atoms with van der Waals surface area (Å²) >= 11 is 0. The van der Waals surface area contributed by atoms with Crippen LogP contribution in [0.25, 0.3) is 10.8 Å². The highest BCUT2D eigenvalue weighted by Gasteiger charge is 2.11. The maximum atomic E-state index is 12.4. The van der Waals surface area contributed by atoms with Crippen LogP contribution in [0.15, 0.2) is 60.8 Å². The van der Waals surface area contributed by atoms with E-state index in [-0.39, 0.29) is 12.5 Å². The molecule has 23 heavy (non-hydrogen) atoms. The number of benzene rings is 2. The number of ether oxygens (including phenoxy) is 1. The lowest BCUT2D eigenvalue weighted by molar-refractivity contribution is 0.102. The summed E-state index contributed by atoms with van der Waals surface area (Å²) in [6.07, 6.45) is 1.62. The molecule has 0 atom stereocenters. The minimum Gasteiger partial charge on any atom is -0.479 e. The van der Waals surface area contributed by atoms with Crippen LogP contribution >= 0.6 is 0 Å². The molecule has 5 heteroatoms. The van der Waals surface area contributed by atoms with E-state index in [9.17, 15) is 4.79 Å². The lowest BCUT2D eigenvalue weighted by Gasteiger charge is -2.08. The first-order valence-corrected chi connectivity index (χ1v) is 7.03. The molecule has 3 aromatic rings. The molecule has 1 N–H and O–H groups in total. The Bertz CT molecular complexity index is 877. The minimum atomic E-state index is -0.271. The number of anilines is 1. The summed E-state index contributed by atoms with van der Waals surface area (Å²) in [6.45, 7) is -0.00830. The number of nitrogens with zero attached hydrogens (tertiary/aromatic N) is 2. The molecule has 0 unspecified atom stereocenters. The van der Waals surface area contributed by atoms with Crippen LogP contribution in [0.3, 0.4) is 0 Å². The Morgan fingerprint density at radius 3 is 2.70 bits per heavy atom. The van der Waals surface area contributed by atoms with Crippen LogP contribution < -0.4 is 10.1 Å². The number of nitrogens with one attached hydrogen (secondary N) is 1. The first-order valence-electron chi connectivity index (χ1n) is 7.03. The fourth-order valence-corrected chi connectivity index (χ4v) is 2.24. The molecule has 0 aliphatic heterocycles. The molecule has 1 aromatic heterocycles. The number of nitriles is 1. The molecule has 0 saturated heterocycles. The van der Waals surface area contributed by atoms with Gasteiger partial charge in [-0.1, -0.05) is 24.3 Å². The molecular weight excluding hydrogens is 290 g/mol. The second-order valence-electron chi connectivity index (χ2n) is 4.81. The van der Waals surface area contributed by atoms with Crippen LogP contribution in [0.4, 0.5) is 5.69 Å². The summed E-state index contributed by atoms with van der Waals surface area (Å²) in [7, 11) is 0. The zero-order chi connectivity index (χ0) is 16.1. The van der Waals surface area contributed by atoms with Gasteiger partial charge in [-0.25, -0.2) is 0 Å². The maximum Gasteiger partial charge on any atom is 0.274 e. The van der Waals surface area contributed by atoms with Gasteiger partial charge in [-0.2, -0.15) is 5.26 Å². The second kappa shape index (κ2) is 6.58. The third kappa shape index (κ3) is 3.27. The van der Waals surface area contributed by atoms with Gasteiger partial charge in [0.05, 0.1) is 0 Å². The molecule has 0 spiro atoms. The molecule has 0 fully saturated rings. The molecule has 0 aliphatic carbocycles. The lowest BCUT2D eigenvalue weighted by Crippen LogP contribution is -2.14. The fraction of sp³-hybridized carbons (Fsp3) is 0.0556. The third-order valence-electron chi connectivity index (χ3n) is 3.30. The van der Waals surface area contributed by atoms with E-state index < -0.39 is 0 Å². The number of pyridine rings is 1. The van der Waals surface area contributed by atoms with Crippen molar-refractivity contribution in [1.82, 2.24) is 4.98 Å². The summed E-state index contributed by atoms with van der Waals surface area (Å²) in [5.74, 6) is 0.306. The highest BCUT2D eigenvalue weighted by atomic mass is 16.5. The van der Waals surface area contributed by atoms with Gasteiger partial charge in [0.2, 0.25) is 0 Å². The van der Waals surface area contributed by atoms with Crippen LogP contribution in [0.5, 0.6) is 5.75 Å². The van der Waals surface area contributed by atoms with Crippen molar-refractivity contribution < 1.29 is 9.53 Å². The first-order chi connectivity index (χ1) is 11.3. The van der Waals surface area contributed by atoms with Gasteiger partial charge >= 0.3 is 0 Å². The number of amides is 1. The molecule has 1 amide bonds. The highest BCUT2D eigenvalue weighted by Crippen LogP contribution is 2.19. The molecule has 0 aliphatic rings. The van der Waals surface area contributed by atoms with Crippen molar-refractivity contribution in [3.8, 4) is 11.8 Å². The first kappa shape index (κ1) is 14.5. The van der Waals surface area contributed by atoms with Crippen LogP contribution in [0, 0.1) is 11.3 Å². The van der Waals surface area contributed by atoms with Gasteiger partial charge in [0.1, 0.15) is 17.5 Å². The van der Waals surface area contributed by atoms with E-state index in [1.165, 1.54) is 0 Å². The SMILES string of the molecule is N#CCOc1ccc(NC(=O)c2nccc3ccccc23)cc1. The monoisotopic (exact) mass is 303 g/mol. The number of hydrogen-bond donors (Lipinski definition) is 1. The van der Waals surface area contributed by atoms with Gasteiger partial charge in [0, 0.05) is 17.3 Å². The molecule has 3 rings (SSSR count). The van der Waals surface area contributed by atoms with E-state index >= 15 is 0 Å². The predicted molar refractivity (Wildman–Crippen MR) is 87.2 cm³/mol. The molecule has 1 heterocycles. The maximum absolute atomic E-state index is 12.4. The Hall–Kier alpha value is -3.39. The van der Waals surface area contributed by atoms with E-state index in [2.05, 4.69) is 10.3 Å². The number of carbonyl (C=O) groups excluding carboxylic acids is 1. The Morgan fingerprint density at radius 1 is 1.13 bits per heavy atom. The van der Waals surface area contributed by atoms with Crippen molar-refractivity contribution >= 4 is 22.4 Å². The molecule has 112 valence electrons. The number of aromatic nitrogens is 1. The van der Waals surface area contributed by atoms with Gasteiger partial charge in [-0.3, -0.25) is 9.78 Å². The minimum absolute atomic E-state index is 0.00830. The third-order valence-corrected chi connectivity index (χ3v) is 3.30. The van der Waals surface area contributed by atoms with Crippen molar-refractivity contribution in [2.24, 2.45) is 0 Å². The molecule has 0 saturated carbocycles. The fourth-order valence-electron chi connectivity index (χ4n) is 2.24. The van der Waals surface area contributed by atoms with Gasteiger partial charge in [-0.05, 0) is 35.7 Å². The smallest absolute Gasteiger partial charge is 0.274 e. The lowest BCUT2D eigenvalue weighted by atomic mass is 10.1. The zero-order valence-corrected chi connectivity index (χ0v) is 12.2.